The number of hydrogen-bond donors (Lipinski definition) is 1. The van der Waals surface area contributed by atoms with Gasteiger partial charge in [0.25, 0.3) is 0 Å². The van der Waals surface area contributed by atoms with Crippen LogP contribution < -0.4 is 10.2 Å². The molecular weight excluding hydrogens is 372 g/mol. The van der Waals surface area contributed by atoms with Gasteiger partial charge < -0.3 is 10.2 Å². The lowest BCUT2D eigenvalue weighted by Crippen LogP contribution is -2.32. The molecule has 1 N–H and O–H groups in total. The molecule has 2 aromatic carbocycles. The van der Waals surface area contributed by atoms with E-state index in [0.717, 1.165) is 25.1 Å². The lowest BCUT2D eigenvalue weighted by Gasteiger charge is -2.29. The van der Waals surface area contributed by atoms with Crippen LogP contribution in [0.2, 0.25) is 5.15 Å². The molecule has 0 saturated carbocycles. The monoisotopic (exact) mass is 392 g/mol. The topological polar surface area (TPSA) is 58.1 Å². The largest absolute Gasteiger partial charge is 0.336 e. The molecule has 4 rings (SSSR count). The number of anilines is 2. The number of amides is 1. The van der Waals surface area contributed by atoms with Crippen LogP contribution in [0.4, 0.5) is 11.8 Å². The Kier molecular flexibility index (Phi) is 5.26. The van der Waals surface area contributed by atoms with Crippen molar-refractivity contribution in [3.05, 3.63) is 82.0 Å². The number of fused-ring (bicyclic) bond motifs is 1. The number of halogens is 1. The highest BCUT2D eigenvalue weighted by Crippen LogP contribution is 2.24. The van der Waals surface area contributed by atoms with E-state index in [4.69, 9.17) is 11.6 Å². The molecule has 5 nitrogen and oxygen atoms in total. The van der Waals surface area contributed by atoms with Gasteiger partial charge in [-0.25, -0.2) is 4.98 Å². The van der Waals surface area contributed by atoms with E-state index in [2.05, 4.69) is 38.4 Å². The minimum absolute atomic E-state index is 0.131. The summed E-state index contributed by atoms with van der Waals surface area (Å²) in [5, 5.41) is 3.16. The van der Waals surface area contributed by atoms with Crippen molar-refractivity contribution in [1.82, 2.24) is 9.97 Å². The van der Waals surface area contributed by atoms with E-state index in [9.17, 15) is 4.79 Å². The van der Waals surface area contributed by atoms with E-state index in [1.54, 1.807) is 6.07 Å². The van der Waals surface area contributed by atoms with Crippen molar-refractivity contribution in [3.63, 3.8) is 0 Å². The second-order valence-corrected chi connectivity index (χ2v) is 7.41. The van der Waals surface area contributed by atoms with Crippen LogP contribution >= 0.6 is 11.6 Å². The standard InChI is InChI=1S/C22H21ClN4O/c1-15-6-8-16(9-7-15)12-21(28)25-20-13-19(23)24-22(26-20)27-11-10-17-4-2-3-5-18(17)14-27/h2-9,13H,10-12,14H2,1H3,(H,24,25,26,28). The Labute approximate surface area is 169 Å². The van der Waals surface area contributed by atoms with E-state index in [-0.39, 0.29) is 12.3 Å². The third kappa shape index (κ3) is 4.31. The van der Waals surface area contributed by atoms with E-state index >= 15 is 0 Å². The summed E-state index contributed by atoms with van der Waals surface area (Å²) in [5.74, 6) is 0.826. The molecule has 28 heavy (non-hydrogen) atoms. The first kappa shape index (κ1) is 18.4. The van der Waals surface area contributed by atoms with Gasteiger partial charge in [-0.2, -0.15) is 4.98 Å². The van der Waals surface area contributed by atoms with Gasteiger partial charge in [0.05, 0.1) is 6.42 Å². The van der Waals surface area contributed by atoms with Crippen LogP contribution in [-0.4, -0.2) is 22.4 Å². The Morgan fingerprint density at radius 2 is 1.86 bits per heavy atom. The Bertz CT molecular complexity index is 1000. The second kappa shape index (κ2) is 7.98. The first-order chi connectivity index (χ1) is 13.6. The Morgan fingerprint density at radius 1 is 1.11 bits per heavy atom. The average molecular weight is 393 g/mol. The lowest BCUT2D eigenvalue weighted by atomic mass is 10.0. The van der Waals surface area contributed by atoms with E-state index in [0.29, 0.717) is 16.9 Å². The number of aromatic nitrogens is 2. The van der Waals surface area contributed by atoms with Gasteiger partial charge in [0.1, 0.15) is 11.0 Å². The predicted octanol–water partition coefficient (Wildman–Crippen LogP) is 4.18. The number of hydrogen-bond acceptors (Lipinski definition) is 4. The minimum atomic E-state index is -0.131. The van der Waals surface area contributed by atoms with Crippen LogP contribution in [0.25, 0.3) is 0 Å². The molecule has 0 saturated heterocycles. The zero-order valence-electron chi connectivity index (χ0n) is 15.7. The fourth-order valence-corrected chi connectivity index (χ4v) is 3.53. The van der Waals surface area contributed by atoms with Crippen LogP contribution in [0.3, 0.4) is 0 Å². The highest BCUT2D eigenvalue weighted by atomic mass is 35.5. The Morgan fingerprint density at radius 3 is 2.64 bits per heavy atom. The molecule has 0 atom stereocenters. The molecule has 1 aliphatic rings. The summed E-state index contributed by atoms with van der Waals surface area (Å²) in [4.78, 5) is 23.4. The van der Waals surface area contributed by atoms with Crippen molar-refractivity contribution in [2.75, 3.05) is 16.8 Å². The summed E-state index contributed by atoms with van der Waals surface area (Å²) in [6, 6.07) is 17.9. The van der Waals surface area contributed by atoms with Crippen molar-refractivity contribution >= 4 is 29.3 Å². The van der Waals surface area contributed by atoms with Gasteiger partial charge in [-0.15, -0.1) is 0 Å². The molecule has 1 amide bonds. The van der Waals surface area contributed by atoms with Crippen LogP contribution in [-0.2, 0) is 24.2 Å². The molecule has 1 aromatic heterocycles. The summed E-state index contributed by atoms with van der Waals surface area (Å²) < 4.78 is 0. The molecule has 0 aliphatic carbocycles. The van der Waals surface area contributed by atoms with Gasteiger partial charge in [-0.1, -0.05) is 65.7 Å². The average Bonchev–Trinajstić information content (AvgIpc) is 2.69. The number of aryl methyl sites for hydroxylation is 1. The van der Waals surface area contributed by atoms with Gasteiger partial charge in [0.2, 0.25) is 11.9 Å². The number of benzene rings is 2. The molecule has 6 heteroatoms. The molecule has 0 bridgehead atoms. The lowest BCUT2D eigenvalue weighted by molar-refractivity contribution is -0.115. The fourth-order valence-electron chi connectivity index (χ4n) is 3.36. The maximum Gasteiger partial charge on any atom is 0.229 e. The van der Waals surface area contributed by atoms with Crippen molar-refractivity contribution in [2.45, 2.75) is 26.3 Å². The molecule has 0 unspecified atom stereocenters. The smallest absolute Gasteiger partial charge is 0.229 e. The van der Waals surface area contributed by atoms with E-state index in [1.165, 1.54) is 16.7 Å². The number of carbonyl (C=O) groups excluding carboxylic acids is 1. The maximum absolute atomic E-state index is 12.4. The zero-order chi connectivity index (χ0) is 19.5. The number of nitrogens with one attached hydrogen (secondary N) is 1. The van der Waals surface area contributed by atoms with Crippen molar-refractivity contribution in [2.24, 2.45) is 0 Å². The first-order valence-corrected chi connectivity index (χ1v) is 9.66. The van der Waals surface area contributed by atoms with Crippen LogP contribution in [0, 0.1) is 6.92 Å². The molecule has 2 heterocycles. The molecule has 3 aromatic rings. The summed E-state index contributed by atoms with van der Waals surface area (Å²) in [6.07, 6.45) is 1.22. The first-order valence-electron chi connectivity index (χ1n) is 9.28. The Hall–Kier alpha value is -2.92. The quantitative estimate of drug-likeness (QED) is 0.676. The van der Waals surface area contributed by atoms with Gasteiger partial charge in [0, 0.05) is 19.2 Å². The summed E-state index contributed by atoms with van der Waals surface area (Å²) in [6.45, 7) is 3.56. The molecule has 142 valence electrons. The number of carbonyl (C=O) groups is 1. The highest BCUT2D eigenvalue weighted by molar-refractivity contribution is 6.29. The summed E-state index contributed by atoms with van der Waals surface area (Å²) in [7, 11) is 0. The van der Waals surface area contributed by atoms with Crippen molar-refractivity contribution in [1.29, 1.82) is 0 Å². The Balaban J connectivity index is 1.48. The van der Waals surface area contributed by atoms with Crippen LogP contribution in [0.1, 0.15) is 22.3 Å². The van der Waals surface area contributed by atoms with E-state index < -0.39 is 0 Å². The highest BCUT2D eigenvalue weighted by Gasteiger charge is 2.19. The van der Waals surface area contributed by atoms with E-state index in [1.807, 2.05) is 37.3 Å². The summed E-state index contributed by atoms with van der Waals surface area (Å²) >= 11 is 6.20. The minimum Gasteiger partial charge on any atom is -0.336 e. The van der Waals surface area contributed by atoms with Gasteiger partial charge >= 0.3 is 0 Å². The fraction of sp³-hybridized carbons (Fsp3) is 0.227. The van der Waals surface area contributed by atoms with Gasteiger partial charge in [-0.3, -0.25) is 4.79 Å². The SMILES string of the molecule is Cc1ccc(CC(=O)Nc2cc(Cl)nc(N3CCc4ccccc4C3)n2)cc1. The zero-order valence-corrected chi connectivity index (χ0v) is 16.4. The molecule has 1 aliphatic heterocycles. The molecule has 0 radical (unpaired) electrons. The van der Waals surface area contributed by atoms with Crippen molar-refractivity contribution in [3.8, 4) is 0 Å². The van der Waals surface area contributed by atoms with Gasteiger partial charge in [0.15, 0.2) is 0 Å². The normalized spacial score (nSPS) is 13.1. The van der Waals surface area contributed by atoms with Crippen LogP contribution in [0.15, 0.2) is 54.6 Å². The number of rotatable bonds is 4. The second-order valence-electron chi connectivity index (χ2n) is 7.03. The number of nitrogens with zero attached hydrogens (tertiary/aromatic N) is 3. The van der Waals surface area contributed by atoms with Crippen molar-refractivity contribution < 1.29 is 4.79 Å². The third-order valence-electron chi connectivity index (χ3n) is 4.85. The molecule has 0 spiro atoms. The summed E-state index contributed by atoms with van der Waals surface area (Å²) in [5.41, 5.74) is 4.74. The molecule has 0 fully saturated rings. The molecular formula is C22H21ClN4O. The predicted molar refractivity (Wildman–Crippen MR) is 112 cm³/mol. The maximum atomic E-state index is 12.4. The third-order valence-corrected chi connectivity index (χ3v) is 5.04. The van der Waals surface area contributed by atoms with Gasteiger partial charge in [-0.05, 0) is 30.0 Å². The van der Waals surface area contributed by atoms with Crippen LogP contribution in [0.5, 0.6) is 0 Å².